The van der Waals surface area contributed by atoms with Crippen LogP contribution >= 0.6 is 0 Å². The van der Waals surface area contributed by atoms with Crippen molar-refractivity contribution in [3.05, 3.63) is 53.3 Å². The Bertz CT molecular complexity index is 828. The number of pyridine rings is 1. The van der Waals surface area contributed by atoms with Crippen LogP contribution < -0.4 is 20.1 Å². The molecule has 2 rings (SSSR count). The molecule has 144 valence electrons. The maximum atomic E-state index is 12.4. The molecular weight excluding hydrogens is 346 g/mol. The second kappa shape index (κ2) is 8.53. The van der Waals surface area contributed by atoms with Crippen molar-refractivity contribution in [2.45, 2.75) is 32.9 Å². The van der Waals surface area contributed by atoms with Gasteiger partial charge in [0.05, 0.1) is 25.3 Å². The topological polar surface area (TPSA) is 89.5 Å². The second-order valence-corrected chi connectivity index (χ2v) is 7.04. The Balaban J connectivity index is 2.06. The zero-order chi connectivity index (χ0) is 20.0. The molecule has 0 saturated heterocycles. The summed E-state index contributed by atoms with van der Waals surface area (Å²) in [6, 6.07) is 6.94. The molecule has 27 heavy (non-hydrogen) atoms. The first-order valence-corrected chi connectivity index (χ1v) is 8.50. The molecule has 0 aliphatic rings. The van der Waals surface area contributed by atoms with E-state index in [0.717, 1.165) is 5.56 Å². The van der Waals surface area contributed by atoms with Gasteiger partial charge in [0.1, 0.15) is 0 Å². The summed E-state index contributed by atoms with van der Waals surface area (Å²) in [5.41, 5.74) is 1.14. The van der Waals surface area contributed by atoms with Gasteiger partial charge in [-0.3, -0.25) is 14.6 Å². The highest BCUT2D eigenvalue weighted by atomic mass is 16.5. The van der Waals surface area contributed by atoms with Gasteiger partial charge in [-0.25, -0.2) is 0 Å². The lowest BCUT2D eigenvalue weighted by Gasteiger charge is -2.20. The fourth-order valence-corrected chi connectivity index (χ4v) is 2.38. The average Bonchev–Trinajstić information content (AvgIpc) is 2.64. The molecule has 1 aromatic carbocycles. The fraction of sp³-hybridized carbons (Fsp3) is 0.350. The maximum absolute atomic E-state index is 12.4. The van der Waals surface area contributed by atoms with Gasteiger partial charge in [0.15, 0.2) is 11.5 Å². The molecule has 0 bridgehead atoms. The summed E-state index contributed by atoms with van der Waals surface area (Å²) in [5.74, 6) is 0.619. The van der Waals surface area contributed by atoms with Crippen molar-refractivity contribution in [3.8, 4) is 11.5 Å². The molecule has 7 nitrogen and oxygen atoms in total. The van der Waals surface area contributed by atoms with Crippen molar-refractivity contribution in [2.75, 3.05) is 14.2 Å². The smallest absolute Gasteiger partial charge is 0.253 e. The third-order valence-corrected chi connectivity index (χ3v) is 3.65. The molecule has 0 fully saturated rings. The van der Waals surface area contributed by atoms with E-state index in [2.05, 4.69) is 15.6 Å². The van der Waals surface area contributed by atoms with Crippen molar-refractivity contribution in [3.63, 3.8) is 0 Å². The van der Waals surface area contributed by atoms with Crippen LogP contribution in [-0.4, -0.2) is 36.6 Å². The van der Waals surface area contributed by atoms with Gasteiger partial charge in [0, 0.05) is 24.5 Å². The molecule has 0 radical (unpaired) electrons. The number of carbonyl (C=O) groups is 2. The number of amides is 2. The van der Waals surface area contributed by atoms with Gasteiger partial charge in [-0.15, -0.1) is 0 Å². The van der Waals surface area contributed by atoms with E-state index in [1.54, 1.807) is 26.4 Å². The van der Waals surface area contributed by atoms with Crippen LogP contribution in [-0.2, 0) is 6.54 Å². The van der Waals surface area contributed by atoms with Crippen LogP contribution in [0.2, 0.25) is 0 Å². The lowest BCUT2D eigenvalue weighted by Crippen LogP contribution is -2.40. The third kappa shape index (κ3) is 5.70. The summed E-state index contributed by atoms with van der Waals surface area (Å²) in [6.45, 7) is 5.96. The Kier molecular flexibility index (Phi) is 6.39. The Morgan fingerprint density at radius 3 is 2.19 bits per heavy atom. The highest BCUT2D eigenvalue weighted by molar-refractivity contribution is 5.99. The molecule has 0 aliphatic carbocycles. The van der Waals surface area contributed by atoms with Crippen molar-refractivity contribution in [1.29, 1.82) is 0 Å². The van der Waals surface area contributed by atoms with Crippen molar-refractivity contribution < 1.29 is 19.1 Å². The van der Waals surface area contributed by atoms with E-state index in [9.17, 15) is 9.59 Å². The maximum Gasteiger partial charge on any atom is 0.253 e. The zero-order valence-corrected chi connectivity index (χ0v) is 16.3. The number of benzene rings is 1. The largest absolute Gasteiger partial charge is 0.493 e. The van der Waals surface area contributed by atoms with Crippen molar-refractivity contribution in [2.24, 2.45) is 0 Å². The summed E-state index contributed by atoms with van der Waals surface area (Å²) >= 11 is 0. The van der Waals surface area contributed by atoms with Gasteiger partial charge in [-0.05, 0) is 44.5 Å². The van der Waals surface area contributed by atoms with Crippen LogP contribution in [0.5, 0.6) is 11.5 Å². The second-order valence-electron chi connectivity index (χ2n) is 7.04. The summed E-state index contributed by atoms with van der Waals surface area (Å²) in [7, 11) is 3.12. The minimum atomic E-state index is -0.372. The fourth-order valence-electron chi connectivity index (χ4n) is 2.38. The summed E-state index contributed by atoms with van der Waals surface area (Å²) < 4.78 is 10.5. The van der Waals surface area contributed by atoms with Crippen LogP contribution in [0.15, 0.2) is 36.7 Å². The van der Waals surface area contributed by atoms with Gasteiger partial charge in [0.25, 0.3) is 11.8 Å². The SMILES string of the molecule is COc1ccc(CNC(=O)c2cncc(C(=O)NC(C)(C)C)c2)cc1OC. The van der Waals surface area contributed by atoms with E-state index in [4.69, 9.17) is 9.47 Å². The highest BCUT2D eigenvalue weighted by Crippen LogP contribution is 2.27. The van der Waals surface area contributed by atoms with E-state index in [-0.39, 0.29) is 17.4 Å². The molecule has 2 amide bonds. The predicted octanol–water partition coefficient (Wildman–Crippen LogP) is 2.56. The summed E-state index contributed by atoms with van der Waals surface area (Å²) in [4.78, 5) is 28.7. The van der Waals surface area contributed by atoms with Crippen LogP contribution in [0.3, 0.4) is 0 Å². The molecule has 0 unspecified atom stereocenters. The van der Waals surface area contributed by atoms with Crippen LogP contribution in [0.1, 0.15) is 47.1 Å². The molecule has 7 heteroatoms. The van der Waals surface area contributed by atoms with Gasteiger partial charge >= 0.3 is 0 Å². The van der Waals surface area contributed by atoms with E-state index < -0.39 is 0 Å². The number of rotatable bonds is 6. The van der Waals surface area contributed by atoms with E-state index in [0.29, 0.717) is 29.2 Å². The number of aromatic nitrogens is 1. The summed E-state index contributed by atoms with van der Waals surface area (Å²) in [5, 5.41) is 5.66. The highest BCUT2D eigenvalue weighted by Gasteiger charge is 2.17. The molecule has 2 N–H and O–H groups in total. The predicted molar refractivity (Wildman–Crippen MR) is 102 cm³/mol. The Morgan fingerprint density at radius 1 is 0.963 bits per heavy atom. The first-order chi connectivity index (χ1) is 12.7. The normalized spacial score (nSPS) is 10.9. The molecule has 2 aromatic rings. The zero-order valence-electron chi connectivity index (χ0n) is 16.3. The van der Waals surface area contributed by atoms with Crippen molar-refractivity contribution >= 4 is 11.8 Å². The molecule has 1 aromatic heterocycles. The standard InChI is InChI=1S/C20H25N3O4/c1-20(2,3)23-19(25)15-9-14(11-21-12-15)18(24)22-10-13-6-7-16(26-4)17(8-13)27-5/h6-9,11-12H,10H2,1-5H3,(H,22,24)(H,23,25). The molecule has 0 atom stereocenters. The first kappa shape index (κ1) is 20.2. The van der Waals surface area contributed by atoms with Crippen LogP contribution in [0.25, 0.3) is 0 Å². The van der Waals surface area contributed by atoms with E-state index >= 15 is 0 Å². The van der Waals surface area contributed by atoms with Crippen molar-refractivity contribution in [1.82, 2.24) is 15.6 Å². The first-order valence-electron chi connectivity index (χ1n) is 8.50. The third-order valence-electron chi connectivity index (χ3n) is 3.65. The number of ether oxygens (including phenoxy) is 2. The molecule has 1 heterocycles. The van der Waals surface area contributed by atoms with Gasteiger partial charge < -0.3 is 20.1 Å². The van der Waals surface area contributed by atoms with Crippen LogP contribution in [0.4, 0.5) is 0 Å². The Hall–Kier alpha value is -3.09. The number of hydrogen-bond donors (Lipinski definition) is 2. The number of nitrogens with one attached hydrogen (secondary N) is 2. The summed E-state index contributed by atoms with van der Waals surface area (Å²) in [6.07, 6.45) is 2.87. The number of carbonyl (C=O) groups excluding carboxylic acids is 2. The number of hydrogen-bond acceptors (Lipinski definition) is 5. The average molecular weight is 371 g/mol. The van der Waals surface area contributed by atoms with E-state index in [1.165, 1.54) is 18.5 Å². The minimum absolute atomic E-state index is 0.274. The van der Waals surface area contributed by atoms with Gasteiger partial charge in [-0.2, -0.15) is 0 Å². The quantitative estimate of drug-likeness (QED) is 0.815. The Morgan fingerprint density at radius 2 is 1.59 bits per heavy atom. The van der Waals surface area contributed by atoms with Crippen LogP contribution in [0, 0.1) is 0 Å². The molecule has 0 spiro atoms. The number of nitrogens with zero attached hydrogens (tertiary/aromatic N) is 1. The monoisotopic (exact) mass is 371 g/mol. The number of methoxy groups -OCH3 is 2. The minimum Gasteiger partial charge on any atom is -0.493 e. The van der Waals surface area contributed by atoms with E-state index in [1.807, 2.05) is 26.8 Å². The molecular formula is C20H25N3O4. The van der Waals surface area contributed by atoms with Gasteiger partial charge in [-0.1, -0.05) is 6.07 Å². The lowest BCUT2D eigenvalue weighted by atomic mass is 10.1. The lowest BCUT2D eigenvalue weighted by molar-refractivity contribution is 0.0919. The molecule has 0 saturated carbocycles. The van der Waals surface area contributed by atoms with Gasteiger partial charge in [0.2, 0.25) is 0 Å². The Labute approximate surface area is 159 Å². The molecule has 0 aliphatic heterocycles.